The van der Waals surface area contributed by atoms with Gasteiger partial charge in [0.2, 0.25) is 5.43 Å². The van der Waals surface area contributed by atoms with E-state index in [4.69, 9.17) is 9.15 Å². The van der Waals surface area contributed by atoms with Gasteiger partial charge < -0.3 is 9.15 Å². The smallest absolute Gasteiger partial charge is 0.345 e. The molecule has 0 aliphatic carbocycles. The molecule has 19 heavy (non-hydrogen) atoms. The molecule has 0 saturated carbocycles. The van der Waals surface area contributed by atoms with E-state index in [2.05, 4.69) is 15.9 Å². The average Bonchev–Trinajstić information content (AvgIpc) is 2.28. The van der Waals surface area contributed by atoms with E-state index in [1.54, 1.807) is 39.0 Å². The molecule has 0 saturated heterocycles. The zero-order valence-electron chi connectivity index (χ0n) is 10.8. The van der Waals surface area contributed by atoms with E-state index in [1.807, 2.05) is 0 Å². The second-order valence-corrected chi connectivity index (χ2v) is 6.04. The van der Waals surface area contributed by atoms with Crippen molar-refractivity contribution in [3.63, 3.8) is 0 Å². The van der Waals surface area contributed by atoms with Gasteiger partial charge in [-0.25, -0.2) is 4.79 Å². The highest BCUT2D eigenvalue weighted by Gasteiger charge is 2.21. The van der Waals surface area contributed by atoms with Crippen LogP contribution in [0.25, 0.3) is 11.0 Å². The van der Waals surface area contributed by atoms with E-state index in [1.165, 1.54) is 0 Å². The molecule has 2 aromatic rings. The quantitative estimate of drug-likeness (QED) is 0.753. The second-order valence-electron chi connectivity index (χ2n) is 5.12. The second kappa shape index (κ2) is 4.81. The zero-order valence-corrected chi connectivity index (χ0v) is 12.4. The van der Waals surface area contributed by atoms with Crippen LogP contribution in [0.3, 0.4) is 0 Å². The van der Waals surface area contributed by atoms with Gasteiger partial charge in [0.15, 0.2) is 0 Å². The minimum atomic E-state index is -0.678. The number of fused-ring (bicyclic) bond motifs is 1. The van der Waals surface area contributed by atoms with Crippen molar-refractivity contribution < 1.29 is 13.9 Å². The number of ether oxygens (including phenoxy) is 1. The molecule has 0 aliphatic rings. The van der Waals surface area contributed by atoms with E-state index < -0.39 is 17.0 Å². The van der Waals surface area contributed by atoms with Crippen molar-refractivity contribution in [2.75, 3.05) is 0 Å². The summed E-state index contributed by atoms with van der Waals surface area (Å²) in [5.74, 6) is -0.678. The molecule has 2 rings (SSSR count). The molecule has 0 amide bonds. The van der Waals surface area contributed by atoms with Crippen molar-refractivity contribution in [1.82, 2.24) is 0 Å². The third-order valence-corrected chi connectivity index (χ3v) is 2.85. The molecule has 0 aliphatic heterocycles. The normalized spacial score (nSPS) is 11.6. The van der Waals surface area contributed by atoms with Crippen LogP contribution in [0.4, 0.5) is 0 Å². The lowest BCUT2D eigenvalue weighted by Crippen LogP contribution is -2.27. The Morgan fingerprint density at radius 3 is 2.63 bits per heavy atom. The number of rotatable bonds is 1. The van der Waals surface area contributed by atoms with E-state index in [-0.39, 0.29) is 5.56 Å². The summed E-state index contributed by atoms with van der Waals surface area (Å²) in [7, 11) is 0. The molecule has 4 nitrogen and oxygen atoms in total. The van der Waals surface area contributed by atoms with Gasteiger partial charge in [-0.1, -0.05) is 15.9 Å². The Hall–Kier alpha value is -1.62. The lowest BCUT2D eigenvalue weighted by Gasteiger charge is -2.19. The lowest BCUT2D eigenvalue weighted by molar-refractivity contribution is 0.00661. The highest BCUT2D eigenvalue weighted by Crippen LogP contribution is 2.18. The highest BCUT2D eigenvalue weighted by molar-refractivity contribution is 9.10. The number of carbonyl (C=O) groups excluding carboxylic acids is 1. The summed E-state index contributed by atoms with van der Waals surface area (Å²) in [4.78, 5) is 24.1. The van der Waals surface area contributed by atoms with Gasteiger partial charge in [0.25, 0.3) is 0 Å². The largest absolute Gasteiger partial charge is 0.463 e. The van der Waals surface area contributed by atoms with Crippen molar-refractivity contribution in [3.8, 4) is 0 Å². The van der Waals surface area contributed by atoms with Crippen molar-refractivity contribution >= 4 is 32.9 Å². The van der Waals surface area contributed by atoms with Crippen LogP contribution in [-0.4, -0.2) is 11.6 Å². The SMILES string of the molecule is CC(C)(C)OC(=O)c1coc2ccc(Br)cc2c1=O. The fourth-order valence-electron chi connectivity index (χ4n) is 1.58. The predicted molar refractivity (Wildman–Crippen MR) is 75.4 cm³/mol. The molecular formula is C14H13BrO4. The summed E-state index contributed by atoms with van der Waals surface area (Å²) in [5.41, 5.74) is -0.715. The summed E-state index contributed by atoms with van der Waals surface area (Å²) in [6, 6.07) is 5.05. The number of hydrogen-bond acceptors (Lipinski definition) is 4. The van der Waals surface area contributed by atoms with Crippen LogP contribution in [0.1, 0.15) is 31.1 Å². The van der Waals surface area contributed by atoms with E-state index in [9.17, 15) is 9.59 Å². The molecular weight excluding hydrogens is 312 g/mol. The first-order chi connectivity index (χ1) is 8.78. The maximum Gasteiger partial charge on any atom is 0.345 e. The molecule has 100 valence electrons. The van der Waals surface area contributed by atoms with E-state index in [0.29, 0.717) is 11.0 Å². The fraction of sp³-hybridized carbons (Fsp3) is 0.286. The van der Waals surface area contributed by atoms with Gasteiger partial charge in [-0.3, -0.25) is 4.79 Å². The summed E-state index contributed by atoms with van der Waals surface area (Å²) < 4.78 is 11.2. The summed E-state index contributed by atoms with van der Waals surface area (Å²) >= 11 is 3.28. The lowest BCUT2D eigenvalue weighted by atomic mass is 10.1. The van der Waals surface area contributed by atoms with Gasteiger partial charge in [0.1, 0.15) is 23.0 Å². The minimum Gasteiger partial charge on any atom is -0.463 e. The molecule has 0 N–H and O–H groups in total. The summed E-state index contributed by atoms with van der Waals surface area (Å²) in [6.07, 6.45) is 1.15. The van der Waals surface area contributed by atoms with Crippen LogP contribution >= 0.6 is 15.9 Å². The van der Waals surface area contributed by atoms with Crippen LogP contribution in [0.15, 0.2) is 38.1 Å². The maximum absolute atomic E-state index is 12.2. The molecule has 0 radical (unpaired) electrons. The van der Waals surface area contributed by atoms with Gasteiger partial charge in [-0.2, -0.15) is 0 Å². The fourth-order valence-corrected chi connectivity index (χ4v) is 1.94. The van der Waals surface area contributed by atoms with Gasteiger partial charge in [0.05, 0.1) is 5.39 Å². The standard InChI is InChI=1S/C14H13BrO4/c1-14(2,3)19-13(17)10-7-18-11-5-4-8(15)6-9(11)12(10)16/h4-7H,1-3H3. The number of halogens is 1. The summed E-state index contributed by atoms with van der Waals surface area (Å²) in [5, 5.41) is 0.345. The Bertz CT molecular complexity index is 695. The topological polar surface area (TPSA) is 56.5 Å². The number of carbonyl (C=O) groups is 1. The highest BCUT2D eigenvalue weighted by atomic mass is 79.9. The van der Waals surface area contributed by atoms with Crippen molar-refractivity contribution in [3.05, 3.63) is 44.7 Å². The first kappa shape index (κ1) is 13.8. The zero-order chi connectivity index (χ0) is 14.2. The van der Waals surface area contributed by atoms with Crippen molar-refractivity contribution in [1.29, 1.82) is 0 Å². The Morgan fingerprint density at radius 1 is 1.32 bits per heavy atom. The first-order valence-electron chi connectivity index (χ1n) is 5.72. The molecule has 0 bridgehead atoms. The van der Waals surface area contributed by atoms with E-state index in [0.717, 1.165) is 10.7 Å². The molecule has 1 aromatic carbocycles. The molecule has 0 spiro atoms. The average molecular weight is 325 g/mol. The first-order valence-corrected chi connectivity index (χ1v) is 6.52. The number of benzene rings is 1. The molecule has 0 unspecified atom stereocenters. The van der Waals surface area contributed by atoms with Crippen molar-refractivity contribution in [2.45, 2.75) is 26.4 Å². The van der Waals surface area contributed by atoms with E-state index >= 15 is 0 Å². The number of esters is 1. The predicted octanol–water partition coefficient (Wildman–Crippen LogP) is 3.51. The van der Waals surface area contributed by atoms with Gasteiger partial charge in [-0.15, -0.1) is 0 Å². The van der Waals surface area contributed by atoms with Crippen molar-refractivity contribution in [2.24, 2.45) is 0 Å². The van der Waals surface area contributed by atoms with Crippen LogP contribution in [0.2, 0.25) is 0 Å². The Morgan fingerprint density at radius 2 is 2.00 bits per heavy atom. The maximum atomic E-state index is 12.2. The molecule has 0 fully saturated rings. The molecule has 5 heteroatoms. The Kier molecular flexibility index (Phi) is 3.49. The molecule has 1 aromatic heterocycles. The monoisotopic (exact) mass is 324 g/mol. The van der Waals surface area contributed by atoms with Crippen LogP contribution in [0, 0.1) is 0 Å². The van der Waals surface area contributed by atoms with Gasteiger partial charge >= 0.3 is 5.97 Å². The van der Waals surface area contributed by atoms with Crippen LogP contribution in [0.5, 0.6) is 0 Å². The molecule has 1 heterocycles. The Balaban J connectivity index is 2.54. The molecule has 0 atom stereocenters. The van der Waals surface area contributed by atoms with Gasteiger partial charge in [-0.05, 0) is 39.0 Å². The summed E-state index contributed by atoms with van der Waals surface area (Å²) in [6.45, 7) is 5.22. The van der Waals surface area contributed by atoms with Gasteiger partial charge in [0, 0.05) is 4.47 Å². The van der Waals surface area contributed by atoms with Crippen LogP contribution < -0.4 is 5.43 Å². The number of hydrogen-bond donors (Lipinski definition) is 0. The Labute approximate surface area is 118 Å². The minimum absolute atomic E-state index is 0.0967. The third kappa shape index (κ3) is 3.04. The third-order valence-electron chi connectivity index (χ3n) is 2.35. The van der Waals surface area contributed by atoms with Crippen LogP contribution in [-0.2, 0) is 4.74 Å².